The Morgan fingerprint density at radius 1 is 1.26 bits per heavy atom. The van der Waals surface area contributed by atoms with Crippen LogP contribution in [0.15, 0.2) is 40.0 Å². The van der Waals surface area contributed by atoms with Crippen molar-refractivity contribution in [2.45, 2.75) is 36.7 Å². The monoisotopic (exact) mass is 273 g/mol. The molecule has 2 rings (SSSR count). The first-order valence-electron chi connectivity index (χ1n) is 6.12. The fourth-order valence-corrected chi connectivity index (χ4v) is 2.29. The Morgan fingerprint density at radius 3 is 2.68 bits per heavy atom. The van der Waals surface area contributed by atoms with Crippen molar-refractivity contribution in [2.75, 3.05) is 0 Å². The largest absolute Gasteiger partial charge is 0.416 e. The second-order valence-electron chi connectivity index (χ2n) is 4.37. The smallest absolute Gasteiger partial charge is 0.277 e. The zero-order valence-electron chi connectivity index (χ0n) is 10.9. The van der Waals surface area contributed by atoms with E-state index in [4.69, 9.17) is 9.68 Å². The summed E-state index contributed by atoms with van der Waals surface area (Å²) in [7, 11) is 0. The molecule has 5 heteroatoms. The fraction of sp³-hybridized carbons (Fsp3) is 0.357. The molecule has 0 unspecified atom stereocenters. The first-order chi connectivity index (χ1) is 9.19. The van der Waals surface area contributed by atoms with E-state index in [0.717, 1.165) is 0 Å². The summed E-state index contributed by atoms with van der Waals surface area (Å²) in [6.07, 6.45) is 0.707. The van der Waals surface area contributed by atoms with Crippen LogP contribution in [0.5, 0.6) is 0 Å². The lowest BCUT2D eigenvalue weighted by atomic mass is 9.98. The number of benzene rings is 1. The van der Waals surface area contributed by atoms with Gasteiger partial charge in [-0.05, 0) is 30.2 Å². The third kappa shape index (κ3) is 3.83. The molecule has 2 atom stereocenters. The first-order valence-corrected chi connectivity index (χ1v) is 7.00. The highest BCUT2D eigenvalue weighted by Gasteiger charge is 2.14. The van der Waals surface area contributed by atoms with Gasteiger partial charge in [-0.15, -0.1) is 10.2 Å². The zero-order chi connectivity index (χ0) is 13.7. The number of rotatable bonds is 5. The molecule has 1 aromatic heterocycles. The molecule has 0 aliphatic carbocycles. The Hall–Kier alpha value is -1.80. The normalized spacial score (nSPS) is 13.7. The number of hydrogen-bond donors (Lipinski definition) is 0. The van der Waals surface area contributed by atoms with E-state index in [1.165, 1.54) is 17.3 Å². The molecular weight excluding hydrogens is 258 g/mol. The maximum Gasteiger partial charge on any atom is 0.277 e. The van der Waals surface area contributed by atoms with Gasteiger partial charge in [-0.1, -0.05) is 37.3 Å². The van der Waals surface area contributed by atoms with E-state index in [1.54, 1.807) is 6.92 Å². The third-order valence-electron chi connectivity index (χ3n) is 2.76. The third-order valence-corrected chi connectivity index (χ3v) is 3.58. The number of hydrogen-bond acceptors (Lipinski definition) is 5. The molecular formula is C14H15N3OS. The summed E-state index contributed by atoms with van der Waals surface area (Å²) in [6, 6.07) is 12.4. The molecule has 0 bridgehead atoms. The highest BCUT2D eigenvalue weighted by molar-refractivity contribution is 7.99. The van der Waals surface area contributed by atoms with Crippen LogP contribution >= 0.6 is 11.8 Å². The summed E-state index contributed by atoms with van der Waals surface area (Å²) in [6.45, 7) is 3.94. The molecule has 0 saturated heterocycles. The van der Waals surface area contributed by atoms with Gasteiger partial charge in [0.15, 0.2) is 0 Å². The standard InChI is InChI=1S/C14H15N3OS/c1-10(12-6-4-3-5-7-12)8-13-16-17-14(18-13)19-11(2)9-15/h3-7,10-11H,8H2,1-2H3/t10-,11-/m1/s1. The van der Waals surface area contributed by atoms with Crippen molar-refractivity contribution in [3.8, 4) is 6.07 Å². The number of nitriles is 1. The highest BCUT2D eigenvalue weighted by Crippen LogP contribution is 2.24. The van der Waals surface area contributed by atoms with Gasteiger partial charge in [-0.25, -0.2) is 0 Å². The van der Waals surface area contributed by atoms with Gasteiger partial charge >= 0.3 is 0 Å². The predicted octanol–water partition coefficient (Wildman–Crippen LogP) is 3.42. The van der Waals surface area contributed by atoms with Crippen LogP contribution < -0.4 is 0 Å². The van der Waals surface area contributed by atoms with Crippen LogP contribution in [-0.2, 0) is 6.42 Å². The maximum atomic E-state index is 8.74. The quantitative estimate of drug-likeness (QED) is 0.781. The van der Waals surface area contributed by atoms with Crippen LogP contribution in [-0.4, -0.2) is 15.4 Å². The average molecular weight is 273 g/mol. The van der Waals surface area contributed by atoms with E-state index < -0.39 is 0 Å². The lowest BCUT2D eigenvalue weighted by Crippen LogP contribution is -1.98. The Labute approximate surface area is 116 Å². The Bertz CT molecular complexity index is 562. The summed E-state index contributed by atoms with van der Waals surface area (Å²) < 4.78 is 5.54. The summed E-state index contributed by atoms with van der Waals surface area (Å²) in [5.41, 5.74) is 1.25. The van der Waals surface area contributed by atoms with Crippen molar-refractivity contribution >= 4 is 11.8 Å². The van der Waals surface area contributed by atoms with E-state index in [1.807, 2.05) is 18.2 Å². The van der Waals surface area contributed by atoms with Crippen molar-refractivity contribution in [2.24, 2.45) is 0 Å². The molecule has 0 fully saturated rings. The molecule has 0 radical (unpaired) electrons. The molecule has 4 nitrogen and oxygen atoms in total. The fourth-order valence-electron chi connectivity index (χ4n) is 1.71. The predicted molar refractivity (Wildman–Crippen MR) is 73.8 cm³/mol. The second kappa shape index (κ2) is 6.39. The van der Waals surface area contributed by atoms with Crippen molar-refractivity contribution < 1.29 is 4.42 Å². The maximum absolute atomic E-state index is 8.74. The van der Waals surface area contributed by atoms with E-state index in [2.05, 4.69) is 35.3 Å². The van der Waals surface area contributed by atoms with Gasteiger partial charge in [0.2, 0.25) is 5.89 Å². The minimum Gasteiger partial charge on any atom is -0.416 e. The zero-order valence-corrected chi connectivity index (χ0v) is 11.7. The molecule has 0 aliphatic rings. The second-order valence-corrected chi connectivity index (χ2v) is 5.66. The van der Waals surface area contributed by atoms with Gasteiger partial charge in [-0.3, -0.25) is 0 Å². The molecule has 0 aliphatic heterocycles. The summed E-state index contributed by atoms with van der Waals surface area (Å²) in [5.74, 6) is 0.942. The van der Waals surface area contributed by atoms with E-state index in [9.17, 15) is 0 Å². The van der Waals surface area contributed by atoms with Crippen LogP contribution in [0.3, 0.4) is 0 Å². The van der Waals surface area contributed by atoms with E-state index >= 15 is 0 Å². The van der Waals surface area contributed by atoms with Crippen LogP contribution in [0, 0.1) is 11.3 Å². The Balaban J connectivity index is 1.99. The van der Waals surface area contributed by atoms with Gasteiger partial charge in [0, 0.05) is 6.42 Å². The molecule has 1 aromatic carbocycles. The molecule has 0 saturated carbocycles. The molecule has 19 heavy (non-hydrogen) atoms. The average Bonchev–Trinajstić information content (AvgIpc) is 2.86. The van der Waals surface area contributed by atoms with Crippen LogP contribution in [0.25, 0.3) is 0 Å². The molecule has 0 amide bonds. The minimum atomic E-state index is -0.181. The van der Waals surface area contributed by atoms with Crippen LogP contribution in [0.1, 0.15) is 31.2 Å². The van der Waals surface area contributed by atoms with Gasteiger partial charge in [-0.2, -0.15) is 5.26 Å². The number of thioether (sulfide) groups is 1. The minimum absolute atomic E-state index is 0.181. The Kier molecular flexibility index (Phi) is 4.58. The molecule has 0 N–H and O–H groups in total. The number of nitrogens with zero attached hydrogens (tertiary/aromatic N) is 3. The Morgan fingerprint density at radius 2 is 2.00 bits per heavy atom. The summed E-state index contributed by atoms with van der Waals surface area (Å²) in [4.78, 5) is 0. The van der Waals surface area contributed by atoms with Crippen molar-refractivity contribution in [1.29, 1.82) is 5.26 Å². The van der Waals surface area contributed by atoms with Crippen molar-refractivity contribution in [3.63, 3.8) is 0 Å². The highest BCUT2D eigenvalue weighted by atomic mass is 32.2. The van der Waals surface area contributed by atoms with Crippen LogP contribution in [0.2, 0.25) is 0 Å². The SMILES string of the molecule is C[C@H](C#N)Sc1nnc(C[C@@H](C)c2ccccc2)o1. The van der Waals surface area contributed by atoms with Gasteiger partial charge in [0.25, 0.3) is 5.22 Å². The lowest BCUT2D eigenvalue weighted by Gasteiger charge is -2.08. The first kappa shape index (κ1) is 13.6. The molecule has 2 aromatic rings. The molecule has 0 spiro atoms. The van der Waals surface area contributed by atoms with Gasteiger partial charge in [0.05, 0.1) is 11.3 Å². The van der Waals surface area contributed by atoms with Gasteiger partial charge < -0.3 is 4.42 Å². The lowest BCUT2D eigenvalue weighted by molar-refractivity contribution is 0.404. The topological polar surface area (TPSA) is 62.7 Å². The molecule has 98 valence electrons. The van der Waals surface area contributed by atoms with E-state index in [0.29, 0.717) is 23.5 Å². The summed E-state index contributed by atoms with van der Waals surface area (Å²) >= 11 is 1.29. The summed E-state index contributed by atoms with van der Waals surface area (Å²) in [5, 5.41) is 17.0. The van der Waals surface area contributed by atoms with Crippen molar-refractivity contribution in [1.82, 2.24) is 10.2 Å². The van der Waals surface area contributed by atoms with Crippen LogP contribution in [0.4, 0.5) is 0 Å². The van der Waals surface area contributed by atoms with E-state index in [-0.39, 0.29) is 5.25 Å². The number of aromatic nitrogens is 2. The molecule has 1 heterocycles. The van der Waals surface area contributed by atoms with Gasteiger partial charge in [0.1, 0.15) is 0 Å². The van der Waals surface area contributed by atoms with Crippen molar-refractivity contribution in [3.05, 3.63) is 41.8 Å².